The molecule has 5 nitrogen and oxygen atoms in total. The van der Waals surface area contributed by atoms with Crippen molar-refractivity contribution in [2.75, 3.05) is 25.4 Å². The monoisotopic (exact) mass is 424 g/mol. The van der Waals surface area contributed by atoms with E-state index in [2.05, 4.69) is 19.2 Å². The number of amides is 2. The molecule has 2 N–H and O–H groups in total. The van der Waals surface area contributed by atoms with Gasteiger partial charge in [-0.3, -0.25) is 9.59 Å². The molecule has 0 aliphatic carbocycles. The van der Waals surface area contributed by atoms with Gasteiger partial charge in [0.05, 0.1) is 19.6 Å². The Kier molecular flexibility index (Phi) is 9.43. The number of hydrogen-bond donors (Lipinski definition) is 2. The van der Waals surface area contributed by atoms with Crippen LogP contribution in [0.5, 0.6) is 0 Å². The zero-order valence-corrected chi connectivity index (χ0v) is 18.9. The largest absolute Gasteiger partial charge is 0.352 e. The molecule has 1 heterocycles. The second-order valence-corrected chi connectivity index (χ2v) is 8.78. The summed E-state index contributed by atoms with van der Waals surface area (Å²) in [6, 6.07) is 5.85. The number of hydrogen-bond acceptors (Lipinski definition) is 3. The fourth-order valence-corrected chi connectivity index (χ4v) is 5.23. The van der Waals surface area contributed by atoms with Gasteiger partial charge >= 0.3 is 0 Å². The number of halogens is 1. The summed E-state index contributed by atoms with van der Waals surface area (Å²) in [6.45, 7) is 11.5. The lowest BCUT2D eigenvalue weighted by Crippen LogP contribution is -3.11. The standard InChI is InChI=1S/C22H34FN3O2S/c1-5-20(27)26-19(15-29-22(26)17-11-8-12-18(23)14-17)21(28)24-16(4)10-9-13-25(6-2)7-3/h8,11-12,14,16,19,22H,5-7,9-10,13,15H2,1-4H3,(H,24,28)/p+1/t16-,19+,22+/m0/s1. The Bertz CT molecular complexity index is 684. The molecule has 29 heavy (non-hydrogen) atoms. The van der Waals surface area contributed by atoms with Crippen molar-refractivity contribution in [1.82, 2.24) is 10.2 Å². The second-order valence-electron chi connectivity index (χ2n) is 7.67. The molecule has 1 aromatic carbocycles. The lowest BCUT2D eigenvalue weighted by Gasteiger charge is -2.29. The lowest BCUT2D eigenvalue weighted by molar-refractivity contribution is -0.896. The first-order chi connectivity index (χ1) is 13.9. The third-order valence-electron chi connectivity index (χ3n) is 5.58. The average molecular weight is 425 g/mol. The van der Waals surface area contributed by atoms with Crippen molar-refractivity contribution < 1.29 is 18.9 Å². The van der Waals surface area contributed by atoms with Crippen LogP contribution in [0, 0.1) is 5.82 Å². The number of carbonyl (C=O) groups excluding carboxylic acids is 2. The molecule has 0 bridgehead atoms. The van der Waals surface area contributed by atoms with Crippen LogP contribution in [0.15, 0.2) is 24.3 Å². The summed E-state index contributed by atoms with van der Waals surface area (Å²) in [6.07, 6.45) is 2.30. The maximum atomic E-state index is 13.7. The quantitative estimate of drug-likeness (QED) is 0.606. The van der Waals surface area contributed by atoms with Gasteiger partial charge < -0.3 is 15.1 Å². The fraction of sp³-hybridized carbons (Fsp3) is 0.636. The van der Waals surface area contributed by atoms with Gasteiger partial charge in [-0.15, -0.1) is 11.8 Å². The van der Waals surface area contributed by atoms with Crippen molar-refractivity contribution in [3.63, 3.8) is 0 Å². The molecule has 0 saturated carbocycles. The minimum absolute atomic E-state index is 0.0641. The van der Waals surface area contributed by atoms with Gasteiger partial charge in [0, 0.05) is 18.2 Å². The second kappa shape index (κ2) is 11.6. The van der Waals surface area contributed by atoms with Gasteiger partial charge in [-0.05, 0) is 51.3 Å². The van der Waals surface area contributed by atoms with Gasteiger partial charge in [-0.1, -0.05) is 19.1 Å². The Morgan fingerprint density at radius 1 is 1.31 bits per heavy atom. The maximum absolute atomic E-state index is 13.7. The number of thioether (sulfide) groups is 1. The van der Waals surface area contributed by atoms with Crippen molar-refractivity contribution in [3.8, 4) is 0 Å². The number of carbonyl (C=O) groups is 2. The van der Waals surface area contributed by atoms with E-state index < -0.39 is 6.04 Å². The summed E-state index contributed by atoms with van der Waals surface area (Å²) < 4.78 is 13.7. The molecule has 3 atom stereocenters. The highest BCUT2D eigenvalue weighted by Gasteiger charge is 2.41. The van der Waals surface area contributed by atoms with E-state index >= 15 is 0 Å². The molecule has 2 amide bonds. The van der Waals surface area contributed by atoms with Crippen LogP contribution in [0.3, 0.4) is 0 Å². The Balaban J connectivity index is 2.00. The summed E-state index contributed by atoms with van der Waals surface area (Å²) in [4.78, 5) is 28.8. The lowest BCUT2D eigenvalue weighted by atomic mass is 10.1. The van der Waals surface area contributed by atoms with Crippen molar-refractivity contribution in [2.45, 2.75) is 64.4 Å². The predicted molar refractivity (Wildman–Crippen MR) is 116 cm³/mol. The van der Waals surface area contributed by atoms with Crippen molar-refractivity contribution >= 4 is 23.6 Å². The van der Waals surface area contributed by atoms with E-state index in [4.69, 9.17) is 0 Å². The van der Waals surface area contributed by atoms with Crippen LogP contribution in [0.25, 0.3) is 0 Å². The van der Waals surface area contributed by atoms with Crippen LogP contribution in [0.2, 0.25) is 0 Å². The summed E-state index contributed by atoms with van der Waals surface area (Å²) in [5, 5.41) is 2.77. The zero-order chi connectivity index (χ0) is 21.4. The summed E-state index contributed by atoms with van der Waals surface area (Å²) in [7, 11) is 0. The highest BCUT2D eigenvalue weighted by atomic mass is 32.2. The molecule has 0 unspecified atom stereocenters. The van der Waals surface area contributed by atoms with Gasteiger partial charge in [0.15, 0.2) is 0 Å². The Morgan fingerprint density at radius 2 is 2.03 bits per heavy atom. The molecule has 2 rings (SSSR count). The van der Waals surface area contributed by atoms with Crippen molar-refractivity contribution in [3.05, 3.63) is 35.6 Å². The molecular formula is C22H35FN3O2S+. The minimum Gasteiger partial charge on any atom is -0.352 e. The molecule has 1 fully saturated rings. The van der Waals surface area contributed by atoms with Crippen LogP contribution in [-0.4, -0.2) is 54.2 Å². The first-order valence-corrected chi connectivity index (χ1v) is 11.8. The number of benzene rings is 1. The highest BCUT2D eigenvalue weighted by Crippen LogP contribution is 2.41. The average Bonchev–Trinajstić information content (AvgIpc) is 3.16. The molecule has 1 saturated heterocycles. The maximum Gasteiger partial charge on any atom is 0.243 e. The molecule has 1 aliphatic heterocycles. The van der Waals surface area contributed by atoms with E-state index in [1.165, 1.54) is 23.9 Å². The Labute approximate surface area is 178 Å². The first-order valence-electron chi connectivity index (χ1n) is 10.7. The predicted octanol–water partition coefficient (Wildman–Crippen LogP) is 2.39. The summed E-state index contributed by atoms with van der Waals surface area (Å²) in [5.74, 6) is 0.00153. The van der Waals surface area contributed by atoms with Gasteiger partial charge in [0.1, 0.15) is 17.2 Å². The zero-order valence-electron chi connectivity index (χ0n) is 18.0. The fourth-order valence-electron chi connectivity index (χ4n) is 3.79. The van der Waals surface area contributed by atoms with Crippen LogP contribution < -0.4 is 10.2 Å². The Morgan fingerprint density at radius 3 is 2.66 bits per heavy atom. The van der Waals surface area contributed by atoms with Gasteiger partial charge in [-0.25, -0.2) is 4.39 Å². The van der Waals surface area contributed by atoms with E-state index in [9.17, 15) is 14.0 Å². The molecule has 0 aromatic heterocycles. The molecule has 1 aliphatic rings. The number of nitrogens with zero attached hydrogens (tertiary/aromatic N) is 1. The number of rotatable bonds is 10. The van der Waals surface area contributed by atoms with E-state index in [1.54, 1.807) is 22.8 Å². The molecule has 1 aromatic rings. The van der Waals surface area contributed by atoms with Crippen LogP contribution >= 0.6 is 11.8 Å². The molecule has 162 valence electrons. The van der Waals surface area contributed by atoms with Gasteiger partial charge in [-0.2, -0.15) is 0 Å². The van der Waals surface area contributed by atoms with Crippen LogP contribution in [-0.2, 0) is 9.59 Å². The third kappa shape index (κ3) is 6.44. The van der Waals surface area contributed by atoms with Crippen molar-refractivity contribution in [2.24, 2.45) is 0 Å². The van der Waals surface area contributed by atoms with Crippen LogP contribution in [0.4, 0.5) is 4.39 Å². The number of quaternary nitrogens is 1. The molecule has 0 radical (unpaired) electrons. The molecule has 0 spiro atoms. The first kappa shape index (κ1) is 23.7. The SMILES string of the molecule is CCC(=O)N1[C@@H](C(=O)N[C@@H](C)CCC[NH+](CC)CC)CS[C@@H]1c1cccc(F)c1. The van der Waals surface area contributed by atoms with E-state index in [-0.39, 0.29) is 29.0 Å². The Hall–Kier alpha value is -1.60. The normalized spacial score (nSPS) is 20.1. The van der Waals surface area contributed by atoms with E-state index in [0.29, 0.717) is 12.2 Å². The van der Waals surface area contributed by atoms with E-state index in [1.807, 2.05) is 13.0 Å². The number of nitrogens with one attached hydrogen (secondary N) is 2. The smallest absolute Gasteiger partial charge is 0.243 e. The highest BCUT2D eigenvalue weighted by molar-refractivity contribution is 7.99. The topological polar surface area (TPSA) is 53.9 Å². The van der Waals surface area contributed by atoms with Gasteiger partial charge in [0.2, 0.25) is 11.8 Å². The third-order valence-corrected chi connectivity index (χ3v) is 6.91. The summed E-state index contributed by atoms with van der Waals surface area (Å²) >= 11 is 1.52. The van der Waals surface area contributed by atoms with E-state index in [0.717, 1.165) is 38.0 Å². The molecule has 7 heteroatoms. The van der Waals surface area contributed by atoms with Gasteiger partial charge in [0.25, 0.3) is 0 Å². The summed E-state index contributed by atoms with van der Waals surface area (Å²) in [5.41, 5.74) is 0.724. The minimum atomic E-state index is -0.517. The van der Waals surface area contributed by atoms with Crippen molar-refractivity contribution in [1.29, 1.82) is 0 Å². The molecular weight excluding hydrogens is 389 g/mol. The van der Waals surface area contributed by atoms with Crippen LogP contribution in [0.1, 0.15) is 57.9 Å².